The van der Waals surface area contributed by atoms with E-state index < -0.39 is 0 Å². The number of phenolic OH excluding ortho intramolecular Hbond substituents is 1. The van der Waals surface area contributed by atoms with Crippen molar-refractivity contribution < 1.29 is 5.11 Å². The Balaban J connectivity index is 2.22. The van der Waals surface area contributed by atoms with Crippen molar-refractivity contribution in [3.63, 3.8) is 0 Å². The smallest absolute Gasteiger partial charge is 0.142 e. The van der Waals surface area contributed by atoms with Gasteiger partial charge < -0.3 is 10.8 Å². The molecule has 2 aromatic carbocycles. The van der Waals surface area contributed by atoms with Gasteiger partial charge in [-0.15, -0.1) is 0 Å². The minimum absolute atomic E-state index is 0.0122. The molecule has 0 bridgehead atoms. The van der Waals surface area contributed by atoms with E-state index in [1.54, 1.807) is 24.3 Å². The molecule has 0 atom stereocenters. The monoisotopic (exact) mass is 331 g/mol. The summed E-state index contributed by atoms with van der Waals surface area (Å²) in [7, 11) is 0. The number of aromatic hydroxyl groups is 1. The van der Waals surface area contributed by atoms with Gasteiger partial charge in [-0.2, -0.15) is 0 Å². The molecule has 3 aromatic rings. The van der Waals surface area contributed by atoms with E-state index in [1.807, 2.05) is 12.1 Å². The van der Waals surface area contributed by atoms with Crippen LogP contribution in [0.5, 0.6) is 5.75 Å². The highest BCUT2D eigenvalue weighted by atomic mass is 35.5. The molecule has 1 heterocycles. The van der Waals surface area contributed by atoms with Gasteiger partial charge in [0.25, 0.3) is 0 Å². The number of nitrogens with zero attached hydrogens (tertiary/aromatic N) is 2. The molecular weight excluding hydrogens is 321 g/mol. The molecule has 0 radical (unpaired) electrons. The zero-order valence-electron chi connectivity index (χ0n) is 11.3. The molecule has 0 amide bonds. The van der Waals surface area contributed by atoms with E-state index in [4.69, 9.17) is 28.9 Å². The quantitative estimate of drug-likeness (QED) is 0.729. The van der Waals surface area contributed by atoms with Crippen molar-refractivity contribution in [3.05, 3.63) is 58.7 Å². The Bertz CT molecular complexity index is 853. The van der Waals surface area contributed by atoms with Gasteiger partial charge in [-0.1, -0.05) is 35.3 Å². The van der Waals surface area contributed by atoms with E-state index in [0.717, 1.165) is 11.1 Å². The molecule has 6 heteroatoms. The van der Waals surface area contributed by atoms with Gasteiger partial charge in [-0.25, -0.2) is 4.98 Å². The van der Waals surface area contributed by atoms with E-state index >= 15 is 0 Å². The van der Waals surface area contributed by atoms with E-state index in [9.17, 15) is 5.11 Å². The molecule has 22 heavy (non-hydrogen) atoms. The Hall–Kier alpha value is -2.30. The van der Waals surface area contributed by atoms with Gasteiger partial charge in [-0.05, 0) is 30.3 Å². The predicted molar refractivity (Wildman–Crippen MR) is 89.0 cm³/mol. The lowest BCUT2D eigenvalue weighted by molar-refractivity contribution is 0.475. The first-order chi connectivity index (χ1) is 10.5. The maximum absolute atomic E-state index is 9.55. The highest BCUT2D eigenvalue weighted by molar-refractivity contribution is 6.32. The summed E-state index contributed by atoms with van der Waals surface area (Å²) in [5.41, 5.74) is 8.50. The molecule has 0 saturated carbocycles. The fraction of sp³-hybridized carbons (Fsp3) is 0. The van der Waals surface area contributed by atoms with Crippen molar-refractivity contribution in [3.8, 4) is 28.3 Å². The molecule has 110 valence electrons. The lowest BCUT2D eigenvalue weighted by Gasteiger charge is -2.10. The summed E-state index contributed by atoms with van der Waals surface area (Å²) in [6.07, 6.45) is 1.48. The van der Waals surface area contributed by atoms with Gasteiger partial charge in [0.1, 0.15) is 11.6 Å². The predicted octanol–water partition coefficient (Wildman–Crippen LogP) is 4.41. The van der Waals surface area contributed by atoms with E-state index in [-0.39, 0.29) is 10.8 Å². The summed E-state index contributed by atoms with van der Waals surface area (Å²) >= 11 is 12.0. The molecule has 0 aliphatic carbocycles. The van der Waals surface area contributed by atoms with Crippen molar-refractivity contribution in [1.82, 2.24) is 9.97 Å². The lowest BCUT2D eigenvalue weighted by Crippen LogP contribution is -1.98. The second kappa shape index (κ2) is 5.83. The molecule has 0 unspecified atom stereocenters. The summed E-state index contributed by atoms with van der Waals surface area (Å²) in [4.78, 5) is 8.72. The van der Waals surface area contributed by atoms with Crippen LogP contribution in [0.3, 0.4) is 0 Å². The van der Waals surface area contributed by atoms with Crippen LogP contribution in [0.2, 0.25) is 10.0 Å². The summed E-state index contributed by atoms with van der Waals surface area (Å²) in [6, 6.07) is 12.1. The number of rotatable bonds is 2. The number of nitrogens with two attached hydrogens (primary N) is 1. The Morgan fingerprint density at radius 2 is 1.73 bits per heavy atom. The Morgan fingerprint density at radius 3 is 2.45 bits per heavy atom. The topological polar surface area (TPSA) is 72.0 Å². The van der Waals surface area contributed by atoms with E-state index in [0.29, 0.717) is 22.2 Å². The number of anilines is 1. The molecule has 3 N–H and O–H groups in total. The van der Waals surface area contributed by atoms with Crippen molar-refractivity contribution in [2.75, 3.05) is 5.73 Å². The molecule has 1 aromatic heterocycles. The largest absolute Gasteiger partial charge is 0.506 e. The number of nitrogen functional groups attached to an aromatic ring is 1. The van der Waals surface area contributed by atoms with Gasteiger partial charge in [0, 0.05) is 16.1 Å². The molecule has 0 aliphatic rings. The van der Waals surface area contributed by atoms with Crippen LogP contribution in [0.25, 0.3) is 22.5 Å². The first-order valence-corrected chi connectivity index (χ1v) is 7.17. The van der Waals surface area contributed by atoms with Crippen LogP contribution < -0.4 is 5.73 Å². The van der Waals surface area contributed by atoms with Crippen molar-refractivity contribution in [2.45, 2.75) is 0 Å². The Morgan fingerprint density at radius 1 is 0.955 bits per heavy atom. The summed E-state index contributed by atoms with van der Waals surface area (Å²) in [5, 5.41) is 10.4. The highest BCUT2D eigenvalue weighted by Crippen LogP contribution is 2.34. The third-order valence-electron chi connectivity index (χ3n) is 3.11. The Kier molecular flexibility index (Phi) is 3.88. The average molecular weight is 332 g/mol. The van der Waals surface area contributed by atoms with Crippen LogP contribution in [0, 0.1) is 0 Å². The van der Waals surface area contributed by atoms with Gasteiger partial charge in [-0.3, -0.25) is 4.98 Å². The van der Waals surface area contributed by atoms with Crippen LogP contribution in [0.4, 0.5) is 5.82 Å². The van der Waals surface area contributed by atoms with Gasteiger partial charge >= 0.3 is 0 Å². The first-order valence-electron chi connectivity index (χ1n) is 6.42. The molecule has 0 saturated heterocycles. The summed E-state index contributed by atoms with van der Waals surface area (Å²) in [5.74, 6) is 0.321. The molecule has 0 aliphatic heterocycles. The zero-order valence-corrected chi connectivity index (χ0v) is 12.8. The zero-order chi connectivity index (χ0) is 15.7. The number of benzene rings is 2. The van der Waals surface area contributed by atoms with E-state index in [2.05, 4.69) is 9.97 Å². The third kappa shape index (κ3) is 2.84. The number of aromatic nitrogens is 2. The van der Waals surface area contributed by atoms with Crippen LogP contribution >= 0.6 is 23.2 Å². The van der Waals surface area contributed by atoms with Crippen molar-refractivity contribution in [2.24, 2.45) is 0 Å². The van der Waals surface area contributed by atoms with E-state index in [1.165, 1.54) is 12.3 Å². The van der Waals surface area contributed by atoms with Crippen LogP contribution in [0.1, 0.15) is 0 Å². The number of phenols is 1. The number of halogens is 2. The average Bonchev–Trinajstić information content (AvgIpc) is 2.50. The van der Waals surface area contributed by atoms with Gasteiger partial charge in [0.2, 0.25) is 0 Å². The van der Waals surface area contributed by atoms with Gasteiger partial charge in [0.15, 0.2) is 0 Å². The normalized spacial score (nSPS) is 10.6. The van der Waals surface area contributed by atoms with Gasteiger partial charge in [0.05, 0.1) is 22.6 Å². The number of hydrogen-bond donors (Lipinski definition) is 2. The first kappa shape index (κ1) is 14.6. The lowest BCUT2D eigenvalue weighted by atomic mass is 10.0. The van der Waals surface area contributed by atoms with Crippen LogP contribution in [-0.2, 0) is 0 Å². The fourth-order valence-corrected chi connectivity index (χ4v) is 2.48. The second-order valence-electron chi connectivity index (χ2n) is 4.67. The van der Waals surface area contributed by atoms with Crippen LogP contribution in [0.15, 0.2) is 48.7 Å². The number of hydrogen-bond acceptors (Lipinski definition) is 4. The minimum atomic E-state index is 0.0122. The minimum Gasteiger partial charge on any atom is -0.506 e. The molecule has 0 fully saturated rings. The maximum Gasteiger partial charge on any atom is 0.142 e. The summed E-state index contributed by atoms with van der Waals surface area (Å²) in [6.45, 7) is 0. The molecule has 3 rings (SSSR count). The molecule has 4 nitrogen and oxygen atoms in total. The summed E-state index contributed by atoms with van der Waals surface area (Å²) < 4.78 is 0. The highest BCUT2D eigenvalue weighted by Gasteiger charge is 2.13. The van der Waals surface area contributed by atoms with Crippen molar-refractivity contribution >= 4 is 29.0 Å². The molecular formula is C16H11Cl2N3O. The third-order valence-corrected chi connectivity index (χ3v) is 3.65. The fourth-order valence-electron chi connectivity index (χ4n) is 2.11. The maximum atomic E-state index is 9.55. The van der Waals surface area contributed by atoms with Crippen LogP contribution in [-0.4, -0.2) is 15.1 Å². The standard InChI is InChI=1S/C16H11Cl2N3O/c17-11-3-1-2-9(6-11)16-15(20-8-14(19)21-16)10-4-5-13(22)12(18)7-10/h1-8,22H,(H2,19,21). The Labute approximate surface area is 137 Å². The molecule has 0 spiro atoms. The van der Waals surface area contributed by atoms with Crippen molar-refractivity contribution in [1.29, 1.82) is 0 Å². The SMILES string of the molecule is Nc1cnc(-c2ccc(O)c(Cl)c2)c(-c2cccc(Cl)c2)n1. The second-order valence-corrected chi connectivity index (χ2v) is 5.51.